The molecule has 0 radical (unpaired) electrons. The van der Waals surface area contributed by atoms with Crippen LogP contribution in [0.4, 0.5) is 0 Å². The van der Waals surface area contributed by atoms with Crippen LogP contribution in [0.1, 0.15) is 47.0 Å². The summed E-state index contributed by atoms with van der Waals surface area (Å²) in [6, 6.07) is 0. The Hall–Kier alpha value is -0.300. The molecule has 0 heterocycles. The van der Waals surface area contributed by atoms with Gasteiger partial charge >= 0.3 is 0 Å². The molecule has 0 aromatic carbocycles. The van der Waals surface area contributed by atoms with Crippen LogP contribution in [0.25, 0.3) is 0 Å². The molecule has 0 unspecified atom stereocenters. The normalized spacial score (nSPS) is 54.6. The van der Waals surface area contributed by atoms with Gasteiger partial charge in [0.05, 0.1) is 5.60 Å². The number of fused-ring (bicyclic) bond motifs is 1. The molecule has 4 rings (SSSR count). The molecule has 4 aliphatic rings. The summed E-state index contributed by atoms with van der Waals surface area (Å²) in [6.07, 6.45) is 5.73. The average Bonchev–Trinajstić information content (AvgIpc) is 2.22. The highest BCUT2D eigenvalue weighted by Gasteiger charge is 2.73. The number of allylic oxidation sites excluding steroid dienone is 1. The van der Waals surface area contributed by atoms with Gasteiger partial charge in [0.2, 0.25) is 0 Å². The van der Waals surface area contributed by atoms with E-state index in [1.54, 1.807) is 5.57 Å². The molecule has 1 heteroatoms. The van der Waals surface area contributed by atoms with Crippen LogP contribution >= 0.6 is 0 Å². The van der Waals surface area contributed by atoms with Gasteiger partial charge in [-0.2, -0.15) is 0 Å². The first-order chi connectivity index (χ1) is 7.42. The second-order valence-corrected chi connectivity index (χ2v) is 6.94. The maximum absolute atomic E-state index is 11.0. The molecule has 2 saturated carbocycles. The molecule has 0 spiro atoms. The van der Waals surface area contributed by atoms with Gasteiger partial charge in [0.25, 0.3) is 0 Å². The monoisotopic (exact) mass is 220 g/mol. The first-order valence-corrected chi connectivity index (χ1v) is 6.81. The lowest BCUT2D eigenvalue weighted by Gasteiger charge is -2.74. The fourth-order valence-corrected chi connectivity index (χ4v) is 5.19. The quantitative estimate of drug-likeness (QED) is 0.672. The molecule has 16 heavy (non-hydrogen) atoms. The van der Waals surface area contributed by atoms with E-state index in [2.05, 4.69) is 33.8 Å². The Balaban J connectivity index is 2.03. The van der Waals surface area contributed by atoms with Crippen molar-refractivity contribution >= 4 is 0 Å². The molecule has 1 nitrogen and oxygen atoms in total. The van der Waals surface area contributed by atoms with Crippen LogP contribution in [-0.4, -0.2) is 10.7 Å². The SMILES string of the molecule is CC1=CC[C@@]2(O)[C@H]3[C@@H]1[C@]2(C)CC[C@H]3C(C)C. The van der Waals surface area contributed by atoms with Crippen molar-refractivity contribution in [3.8, 4) is 0 Å². The van der Waals surface area contributed by atoms with Crippen LogP contribution in [0.3, 0.4) is 0 Å². The number of hydrogen-bond donors (Lipinski definition) is 1. The van der Waals surface area contributed by atoms with E-state index >= 15 is 0 Å². The Morgan fingerprint density at radius 2 is 2.12 bits per heavy atom. The number of rotatable bonds is 1. The Bertz CT molecular complexity index is 356. The minimum atomic E-state index is -0.371. The van der Waals surface area contributed by atoms with E-state index in [9.17, 15) is 5.11 Å². The molecule has 90 valence electrons. The Morgan fingerprint density at radius 1 is 1.44 bits per heavy atom. The largest absolute Gasteiger partial charge is 0.389 e. The van der Waals surface area contributed by atoms with Gasteiger partial charge in [0, 0.05) is 5.41 Å². The van der Waals surface area contributed by atoms with Gasteiger partial charge in [-0.05, 0) is 49.9 Å². The molecule has 2 fully saturated rings. The summed E-state index contributed by atoms with van der Waals surface area (Å²) in [7, 11) is 0. The smallest absolute Gasteiger partial charge is 0.0777 e. The zero-order valence-corrected chi connectivity index (χ0v) is 11.0. The van der Waals surface area contributed by atoms with E-state index in [4.69, 9.17) is 0 Å². The molecule has 0 amide bonds. The summed E-state index contributed by atoms with van der Waals surface area (Å²) < 4.78 is 0. The summed E-state index contributed by atoms with van der Waals surface area (Å²) >= 11 is 0. The Labute approximate surface area is 98.9 Å². The number of aliphatic hydroxyl groups is 1. The average molecular weight is 220 g/mol. The molecule has 0 aromatic rings. The van der Waals surface area contributed by atoms with Crippen LogP contribution in [0.2, 0.25) is 0 Å². The first-order valence-electron chi connectivity index (χ1n) is 6.81. The molecule has 4 bridgehead atoms. The lowest BCUT2D eigenvalue weighted by atomic mass is 9.32. The zero-order chi connectivity index (χ0) is 11.7. The van der Waals surface area contributed by atoms with Crippen molar-refractivity contribution in [1.29, 1.82) is 0 Å². The van der Waals surface area contributed by atoms with Crippen LogP contribution in [0.15, 0.2) is 11.6 Å². The summed E-state index contributed by atoms with van der Waals surface area (Å²) in [5, 5.41) is 11.0. The highest BCUT2D eigenvalue weighted by Crippen LogP contribution is 2.73. The fraction of sp³-hybridized carbons (Fsp3) is 0.867. The van der Waals surface area contributed by atoms with Crippen LogP contribution < -0.4 is 0 Å². The van der Waals surface area contributed by atoms with E-state index in [-0.39, 0.29) is 11.0 Å². The standard InChI is InChI=1S/C15H24O/c1-9(2)11-6-7-14(4)12-10(3)5-8-15(14,16)13(11)12/h5,9,11-13,16H,6-8H2,1-4H3/t11-,12+,13+,14-,15+/m0/s1. The summed E-state index contributed by atoms with van der Waals surface area (Å²) in [5.74, 6) is 2.68. The molecule has 0 aromatic heterocycles. The van der Waals surface area contributed by atoms with Gasteiger partial charge in [-0.1, -0.05) is 32.4 Å². The molecule has 4 aliphatic carbocycles. The van der Waals surface area contributed by atoms with E-state index in [1.165, 1.54) is 12.8 Å². The van der Waals surface area contributed by atoms with Crippen molar-refractivity contribution in [2.45, 2.75) is 52.6 Å². The minimum absolute atomic E-state index is 0.196. The molecular formula is C15H24O. The van der Waals surface area contributed by atoms with Crippen molar-refractivity contribution < 1.29 is 5.11 Å². The second kappa shape index (κ2) is 2.93. The fourth-order valence-electron chi connectivity index (χ4n) is 5.19. The molecule has 0 aliphatic heterocycles. The maximum Gasteiger partial charge on any atom is 0.0777 e. The van der Waals surface area contributed by atoms with E-state index in [0.717, 1.165) is 18.3 Å². The maximum atomic E-state index is 11.0. The third kappa shape index (κ3) is 0.932. The summed E-state index contributed by atoms with van der Waals surface area (Å²) in [4.78, 5) is 0. The predicted octanol–water partition coefficient (Wildman–Crippen LogP) is 3.39. The third-order valence-electron chi connectivity index (χ3n) is 6.13. The van der Waals surface area contributed by atoms with Crippen LogP contribution in [0.5, 0.6) is 0 Å². The molecule has 0 saturated heterocycles. The predicted molar refractivity (Wildman–Crippen MR) is 66.0 cm³/mol. The van der Waals surface area contributed by atoms with Crippen molar-refractivity contribution in [1.82, 2.24) is 0 Å². The van der Waals surface area contributed by atoms with Gasteiger partial charge in [-0.25, -0.2) is 0 Å². The second-order valence-electron chi connectivity index (χ2n) is 6.94. The molecular weight excluding hydrogens is 196 g/mol. The number of hydrogen-bond acceptors (Lipinski definition) is 1. The summed E-state index contributed by atoms with van der Waals surface area (Å²) in [5.41, 5.74) is 1.38. The van der Waals surface area contributed by atoms with E-state index in [1.807, 2.05) is 0 Å². The lowest BCUT2D eigenvalue weighted by molar-refractivity contribution is -0.300. The highest BCUT2D eigenvalue weighted by molar-refractivity contribution is 5.34. The Kier molecular flexibility index (Phi) is 1.98. The van der Waals surface area contributed by atoms with Crippen LogP contribution in [-0.2, 0) is 0 Å². The van der Waals surface area contributed by atoms with Crippen molar-refractivity contribution in [2.75, 3.05) is 0 Å². The highest BCUT2D eigenvalue weighted by atomic mass is 16.3. The zero-order valence-electron chi connectivity index (χ0n) is 11.0. The topological polar surface area (TPSA) is 20.2 Å². The van der Waals surface area contributed by atoms with Crippen molar-refractivity contribution in [3.63, 3.8) is 0 Å². The van der Waals surface area contributed by atoms with Crippen molar-refractivity contribution in [2.24, 2.45) is 29.1 Å². The lowest BCUT2D eigenvalue weighted by Crippen LogP contribution is -2.75. The minimum Gasteiger partial charge on any atom is -0.389 e. The van der Waals surface area contributed by atoms with Gasteiger partial charge in [-0.15, -0.1) is 0 Å². The summed E-state index contributed by atoms with van der Waals surface area (Å²) in [6.45, 7) is 9.24. The van der Waals surface area contributed by atoms with Gasteiger partial charge in [0.15, 0.2) is 0 Å². The van der Waals surface area contributed by atoms with E-state index in [0.29, 0.717) is 11.8 Å². The molecule has 1 N–H and O–H groups in total. The Morgan fingerprint density at radius 3 is 2.75 bits per heavy atom. The van der Waals surface area contributed by atoms with E-state index < -0.39 is 0 Å². The van der Waals surface area contributed by atoms with Gasteiger partial charge in [0.1, 0.15) is 0 Å². The van der Waals surface area contributed by atoms with Crippen molar-refractivity contribution in [3.05, 3.63) is 11.6 Å². The van der Waals surface area contributed by atoms with Gasteiger partial charge < -0.3 is 5.11 Å². The first kappa shape index (κ1) is 10.8. The third-order valence-corrected chi connectivity index (χ3v) is 6.13. The van der Waals surface area contributed by atoms with Crippen LogP contribution in [0, 0.1) is 29.1 Å². The molecule has 5 atom stereocenters. The van der Waals surface area contributed by atoms with Gasteiger partial charge in [-0.3, -0.25) is 0 Å².